The van der Waals surface area contributed by atoms with Gasteiger partial charge < -0.3 is 5.11 Å². The van der Waals surface area contributed by atoms with E-state index in [0.29, 0.717) is 0 Å². The van der Waals surface area contributed by atoms with Crippen LogP contribution >= 0.6 is 0 Å². The second-order valence-corrected chi connectivity index (χ2v) is 3.39. The molecular formula is C6H6Na2O4S. The molecule has 0 saturated heterocycles. The second-order valence-electron chi connectivity index (χ2n) is 1.97. The smallest absolute Gasteiger partial charge is 0.294 e. The summed E-state index contributed by atoms with van der Waals surface area (Å²) in [6.45, 7) is 0. The van der Waals surface area contributed by atoms with Crippen LogP contribution in [0.4, 0.5) is 0 Å². The molecule has 0 fully saturated rings. The predicted octanol–water partition coefficient (Wildman–Crippen LogP) is -0.123. The topological polar surface area (TPSA) is 74.6 Å². The molecule has 0 aromatic heterocycles. The van der Waals surface area contributed by atoms with Crippen LogP contribution in [-0.4, -0.2) is 77.2 Å². The Hall–Kier alpha value is 0.930. The molecule has 2 N–H and O–H groups in total. The number of phenolic OH excluding ortho intramolecular Hbond substituents is 1. The molecule has 1 aromatic carbocycles. The van der Waals surface area contributed by atoms with Gasteiger partial charge in [-0.2, -0.15) is 8.42 Å². The molecular weight excluding hydrogens is 214 g/mol. The van der Waals surface area contributed by atoms with E-state index in [0.717, 1.165) is 12.1 Å². The van der Waals surface area contributed by atoms with Crippen LogP contribution < -0.4 is 0 Å². The van der Waals surface area contributed by atoms with Crippen molar-refractivity contribution in [2.24, 2.45) is 0 Å². The van der Waals surface area contributed by atoms with Gasteiger partial charge in [0.2, 0.25) is 0 Å². The fraction of sp³-hybridized carbons (Fsp3) is 0. The number of aromatic hydroxyl groups is 1. The van der Waals surface area contributed by atoms with Crippen LogP contribution in [0.25, 0.3) is 0 Å². The van der Waals surface area contributed by atoms with Crippen molar-refractivity contribution in [1.29, 1.82) is 0 Å². The normalized spacial score (nSPS) is 9.62. The third-order valence-corrected chi connectivity index (χ3v) is 2.00. The first-order chi connectivity index (χ1) is 5.00. The Kier molecular flexibility index (Phi) is 8.08. The summed E-state index contributed by atoms with van der Waals surface area (Å²) in [7, 11) is -4.13. The minimum Gasteiger partial charge on any atom is -0.508 e. The van der Waals surface area contributed by atoms with Gasteiger partial charge in [-0.1, -0.05) is 0 Å². The standard InChI is InChI=1S/C6H6O4S.2Na/c7-5-1-3-6(4-2-5)11(8,9)10;;/h1-4,7H,(H,8,9,10);;. The first kappa shape index (κ1) is 16.4. The van der Waals surface area contributed by atoms with Gasteiger partial charge in [0, 0.05) is 59.1 Å². The van der Waals surface area contributed by atoms with Crippen molar-refractivity contribution in [1.82, 2.24) is 0 Å². The quantitative estimate of drug-likeness (QED) is 0.511. The summed E-state index contributed by atoms with van der Waals surface area (Å²) in [5.41, 5.74) is 0. The molecule has 0 bridgehead atoms. The van der Waals surface area contributed by atoms with Gasteiger partial charge in [-0.05, 0) is 24.3 Å². The van der Waals surface area contributed by atoms with Gasteiger partial charge in [-0.15, -0.1) is 0 Å². The van der Waals surface area contributed by atoms with Gasteiger partial charge in [0.1, 0.15) is 5.75 Å². The monoisotopic (exact) mass is 220 g/mol. The van der Waals surface area contributed by atoms with E-state index < -0.39 is 10.1 Å². The molecule has 0 aliphatic carbocycles. The number of phenols is 1. The molecule has 13 heavy (non-hydrogen) atoms. The van der Waals surface area contributed by atoms with Gasteiger partial charge in [0.15, 0.2) is 0 Å². The molecule has 0 unspecified atom stereocenters. The van der Waals surface area contributed by atoms with Crippen molar-refractivity contribution in [3.8, 4) is 5.75 Å². The number of hydrogen-bond donors (Lipinski definition) is 2. The molecule has 4 nitrogen and oxygen atoms in total. The predicted molar refractivity (Wildman–Crippen MR) is 49.4 cm³/mol. The van der Waals surface area contributed by atoms with Crippen molar-refractivity contribution in [3.63, 3.8) is 0 Å². The molecule has 0 spiro atoms. The zero-order valence-corrected chi connectivity index (χ0v) is 12.2. The summed E-state index contributed by atoms with van der Waals surface area (Å²) in [5.74, 6) is -0.0441. The summed E-state index contributed by atoms with van der Waals surface area (Å²) in [5, 5.41) is 8.75. The van der Waals surface area contributed by atoms with Crippen LogP contribution in [-0.2, 0) is 10.1 Å². The van der Waals surface area contributed by atoms with Crippen LogP contribution in [0, 0.1) is 0 Å². The SMILES string of the molecule is O=S(=O)(O)c1ccc(O)cc1.[Na].[Na]. The Morgan fingerprint density at radius 2 is 1.38 bits per heavy atom. The maximum atomic E-state index is 10.4. The third-order valence-electron chi connectivity index (χ3n) is 1.13. The summed E-state index contributed by atoms with van der Waals surface area (Å²) in [6, 6.07) is 4.60. The summed E-state index contributed by atoms with van der Waals surface area (Å²) < 4.78 is 29.3. The van der Waals surface area contributed by atoms with E-state index in [1.165, 1.54) is 12.1 Å². The largest absolute Gasteiger partial charge is 0.508 e. The molecule has 2 radical (unpaired) electrons. The average molecular weight is 220 g/mol. The van der Waals surface area contributed by atoms with Gasteiger partial charge in [-0.3, -0.25) is 4.55 Å². The van der Waals surface area contributed by atoms with Crippen LogP contribution in [0.2, 0.25) is 0 Å². The summed E-state index contributed by atoms with van der Waals surface area (Å²) in [6.07, 6.45) is 0. The average Bonchev–Trinajstić information content (AvgIpc) is 1.86. The molecule has 7 heteroatoms. The summed E-state index contributed by atoms with van der Waals surface area (Å²) in [4.78, 5) is -0.227. The molecule has 0 amide bonds. The fourth-order valence-electron chi connectivity index (χ4n) is 0.618. The van der Waals surface area contributed by atoms with Crippen molar-refractivity contribution in [2.45, 2.75) is 4.90 Å². The van der Waals surface area contributed by atoms with Crippen molar-refractivity contribution >= 4 is 69.2 Å². The van der Waals surface area contributed by atoms with Crippen LogP contribution in [0.15, 0.2) is 29.2 Å². The third kappa shape index (κ3) is 5.39. The minimum atomic E-state index is -4.13. The zero-order chi connectivity index (χ0) is 8.48. The van der Waals surface area contributed by atoms with E-state index >= 15 is 0 Å². The molecule has 0 heterocycles. The van der Waals surface area contributed by atoms with E-state index in [-0.39, 0.29) is 69.8 Å². The van der Waals surface area contributed by atoms with Gasteiger partial charge in [0.05, 0.1) is 4.90 Å². The zero-order valence-electron chi connectivity index (χ0n) is 7.43. The molecule has 0 aliphatic rings. The van der Waals surface area contributed by atoms with Crippen molar-refractivity contribution in [3.05, 3.63) is 24.3 Å². The van der Waals surface area contributed by atoms with Crippen molar-refractivity contribution in [2.75, 3.05) is 0 Å². The maximum Gasteiger partial charge on any atom is 0.294 e. The maximum absolute atomic E-state index is 10.4. The molecule has 1 rings (SSSR count). The van der Waals surface area contributed by atoms with Gasteiger partial charge >= 0.3 is 0 Å². The Bertz CT molecular complexity index is 345. The van der Waals surface area contributed by atoms with E-state index in [1.54, 1.807) is 0 Å². The Morgan fingerprint density at radius 3 is 1.69 bits per heavy atom. The van der Waals surface area contributed by atoms with E-state index in [2.05, 4.69) is 0 Å². The Labute approximate surface area is 121 Å². The summed E-state index contributed by atoms with van der Waals surface area (Å²) >= 11 is 0. The van der Waals surface area contributed by atoms with E-state index in [4.69, 9.17) is 9.66 Å². The van der Waals surface area contributed by atoms with E-state index in [9.17, 15) is 8.42 Å². The fourth-order valence-corrected chi connectivity index (χ4v) is 1.10. The Balaban J connectivity index is 0. The molecule has 0 atom stereocenters. The molecule has 1 aromatic rings. The van der Waals surface area contributed by atoms with Crippen LogP contribution in [0.3, 0.4) is 0 Å². The Morgan fingerprint density at radius 1 is 1.00 bits per heavy atom. The number of rotatable bonds is 1. The van der Waals surface area contributed by atoms with Crippen molar-refractivity contribution < 1.29 is 18.1 Å². The van der Waals surface area contributed by atoms with Gasteiger partial charge in [0.25, 0.3) is 10.1 Å². The molecule has 62 valence electrons. The minimum absolute atomic E-state index is 0. The number of hydrogen-bond acceptors (Lipinski definition) is 3. The second kappa shape index (κ2) is 6.42. The molecule has 0 aliphatic heterocycles. The van der Waals surface area contributed by atoms with Crippen LogP contribution in [0.1, 0.15) is 0 Å². The number of benzene rings is 1. The first-order valence-electron chi connectivity index (χ1n) is 2.77. The molecule has 0 saturated carbocycles. The van der Waals surface area contributed by atoms with Crippen LogP contribution in [0.5, 0.6) is 5.75 Å². The first-order valence-corrected chi connectivity index (χ1v) is 4.21. The van der Waals surface area contributed by atoms with E-state index in [1.807, 2.05) is 0 Å². The van der Waals surface area contributed by atoms with Gasteiger partial charge in [-0.25, -0.2) is 0 Å².